The van der Waals surface area contributed by atoms with Crippen LogP contribution in [0.4, 0.5) is 30.2 Å². The number of anilines is 1. The van der Waals surface area contributed by atoms with Crippen LogP contribution in [0.1, 0.15) is 63.1 Å². The second-order valence-electron chi connectivity index (χ2n) is 15.3. The van der Waals surface area contributed by atoms with E-state index in [0.29, 0.717) is 5.02 Å². The van der Waals surface area contributed by atoms with E-state index in [-0.39, 0.29) is 57.1 Å². The molecule has 3 N–H and O–H groups in total. The lowest BCUT2D eigenvalue weighted by atomic mass is 10.1. The van der Waals surface area contributed by atoms with Crippen LogP contribution in [-0.2, 0) is 10.1 Å². The van der Waals surface area contributed by atoms with Crippen LogP contribution in [0.2, 0.25) is 15.1 Å². The van der Waals surface area contributed by atoms with Crippen molar-refractivity contribution < 1.29 is 35.6 Å². The van der Waals surface area contributed by atoms with E-state index in [1.807, 2.05) is 80.6 Å². The Labute approximate surface area is 479 Å². The zero-order valence-electron chi connectivity index (χ0n) is 38.0. The Kier molecular flexibility index (Phi) is 24.7. The molecule has 9 aromatic rings. The minimum absolute atomic E-state index is 0. The van der Waals surface area contributed by atoms with Gasteiger partial charge >= 0.3 is 15.6 Å². The first-order valence-electron chi connectivity index (χ1n) is 20.3. The lowest BCUT2D eigenvalue weighted by Gasteiger charge is -2.13. The molecule has 0 radical (unpaired) electrons. The number of aromatic nitrogens is 3. The summed E-state index contributed by atoms with van der Waals surface area (Å²) in [6.45, 7) is 10.3. The molecule has 0 aliphatic carbocycles. The van der Waals surface area contributed by atoms with Gasteiger partial charge in [-0.1, -0.05) is 88.0 Å². The van der Waals surface area contributed by atoms with Crippen molar-refractivity contribution >= 4 is 162 Å². The third kappa shape index (κ3) is 17.2. The van der Waals surface area contributed by atoms with Crippen LogP contribution < -0.4 is 9.92 Å². The Bertz CT molecular complexity index is 3650. The van der Waals surface area contributed by atoms with Gasteiger partial charge in [0.2, 0.25) is 0 Å². The Morgan fingerprint density at radius 3 is 1.38 bits per heavy atom. The molecule has 0 saturated carbocycles. The molecule has 0 aliphatic rings. The van der Waals surface area contributed by atoms with Gasteiger partial charge in [0.25, 0.3) is 11.4 Å². The largest absolute Gasteiger partial charge is 0.534 e. The normalized spacial score (nSPS) is 10.7. The van der Waals surface area contributed by atoms with Crippen molar-refractivity contribution in [3.63, 3.8) is 0 Å². The van der Waals surface area contributed by atoms with Gasteiger partial charge in [0.15, 0.2) is 12.6 Å². The highest BCUT2D eigenvalue weighted by Gasteiger charge is 2.49. The highest BCUT2D eigenvalue weighted by atomic mass is 35.5. The second-order valence-corrected chi connectivity index (χ2v) is 24.5. The van der Waals surface area contributed by atoms with Crippen LogP contribution in [0.25, 0.3) is 30.6 Å². The fourth-order valence-corrected chi connectivity index (χ4v) is 13.0. The molecule has 76 heavy (non-hydrogen) atoms. The molecular formula is C50H52Cl3F3N6O7S7. The average molecular weight is 1240 g/mol. The first-order valence-corrected chi connectivity index (χ1v) is 27.4. The van der Waals surface area contributed by atoms with Crippen molar-refractivity contribution in [1.29, 1.82) is 0 Å². The second kappa shape index (κ2) is 28.0. The molecule has 0 spiro atoms. The van der Waals surface area contributed by atoms with Gasteiger partial charge in [0, 0.05) is 54.8 Å². The number of nitrogens with two attached hydrogens (primary N) is 1. The van der Waals surface area contributed by atoms with Crippen LogP contribution in [0.15, 0.2) is 109 Å². The van der Waals surface area contributed by atoms with Gasteiger partial charge in [-0.2, -0.15) is 21.6 Å². The van der Waals surface area contributed by atoms with Gasteiger partial charge in [-0.3, -0.25) is 20.2 Å². The van der Waals surface area contributed by atoms with Gasteiger partial charge in [0.1, 0.15) is 5.75 Å². The molecular weight excluding hydrogens is 1180 g/mol. The highest BCUT2D eigenvalue weighted by molar-refractivity contribution is 8.01. The lowest BCUT2D eigenvalue weighted by Crippen LogP contribution is -2.28. The van der Waals surface area contributed by atoms with E-state index in [0.717, 1.165) is 87.2 Å². The summed E-state index contributed by atoms with van der Waals surface area (Å²) >= 11 is 30.8. The number of nitrogens with one attached hydrogen (secondary N) is 1. The number of halogens is 6. The molecule has 0 aliphatic heterocycles. The topological polar surface area (TPSA) is 197 Å². The smallest absolute Gasteiger partial charge is 0.399 e. The molecule has 3 aromatic heterocycles. The minimum Gasteiger partial charge on any atom is -0.399 e. The van der Waals surface area contributed by atoms with Crippen LogP contribution in [0.3, 0.4) is 0 Å². The Hall–Kier alpha value is -5.08. The number of thiazole rings is 3. The average Bonchev–Trinajstić information content (AvgIpc) is 3.99. The summed E-state index contributed by atoms with van der Waals surface area (Å²) in [5.41, 5.74) is 7.68. The number of fused-ring (bicyclic) bond motifs is 3. The first kappa shape index (κ1) is 67.0. The summed E-state index contributed by atoms with van der Waals surface area (Å²) in [6.07, 6.45) is 0. The number of nitro groups is 2. The maximum Gasteiger partial charge on any atom is 0.534 e. The molecule has 408 valence electrons. The molecule has 0 bridgehead atoms. The Morgan fingerprint density at radius 2 is 0.987 bits per heavy atom. The minimum atomic E-state index is -5.80. The number of aromatic amines is 1. The first-order chi connectivity index (χ1) is 33.7. The predicted molar refractivity (Wildman–Crippen MR) is 318 cm³/mol. The Balaban J connectivity index is 0.000000348. The van der Waals surface area contributed by atoms with E-state index in [1.165, 1.54) is 41.6 Å². The highest BCUT2D eigenvalue weighted by Crippen LogP contribution is 2.41. The van der Waals surface area contributed by atoms with Gasteiger partial charge < -0.3 is 14.9 Å². The molecule has 9 rings (SSSR count). The van der Waals surface area contributed by atoms with E-state index < -0.39 is 26.3 Å². The van der Waals surface area contributed by atoms with Crippen LogP contribution in [0.5, 0.6) is 5.75 Å². The summed E-state index contributed by atoms with van der Waals surface area (Å²) in [5.74, 6) is -0.567. The molecule has 0 amide bonds. The molecule has 0 fully saturated rings. The van der Waals surface area contributed by atoms with Crippen LogP contribution in [-0.4, -0.2) is 38.7 Å². The van der Waals surface area contributed by atoms with Crippen LogP contribution in [0, 0.1) is 65.7 Å². The molecule has 0 atom stereocenters. The zero-order chi connectivity index (χ0) is 53.0. The number of benzene rings is 6. The van der Waals surface area contributed by atoms with Crippen molar-refractivity contribution in [2.45, 2.75) is 95.2 Å². The van der Waals surface area contributed by atoms with Crippen molar-refractivity contribution in [2.75, 3.05) is 5.73 Å². The number of aryl methyl sites for hydroxylation is 6. The van der Waals surface area contributed by atoms with Gasteiger partial charge in [-0.05, 0) is 154 Å². The summed E-state index contributed by atoms with van der Waals surface area (Å²) in [4.78, 5) is 34.8. The number of hydrogen-bond acceptors (Lipinski definition) is 16. The summed E-state index contributed by atoms with van der Waals surface area (Å²) in [6, 6.07) is 26.2. The molecule has 3 heterocycles. The van der Waals surface area contributed by atoms with Gasteiger partial charge in [0.05, 0.1) is 40.5 Å². The van der Waals surface area contributed by atoms with Crippen molar-refractivity contribution in [3.8, 4) is 5.75 Å². The van der Waals surface area contributed by atoms with Crippen LogP contribution >= 0.6 is 105 Å². The molecule has 0 unspecified atom stereocenters. The van der Waals surface area contributed by atoms with E-state index in [2.05, 4.69) is 33.0 Å². The molecule has 13 nitrogen and oxygen atoms in total. The predicted octanol–water partition coefficient (Wildman–Crippen LogP) is 19.5. The monoisotopic (exact) mass is 1230 g/mol. The maximum absolute atomic E-state index is 12.2. The van der Waals surface area contributed by atoms with E-state index in [1.54, 1.807) is 57.9 Å². The zero-order valence-corrected chi connectivity index (χ0v) is 46.0. The van der Waals surface area contributed by atoms with Crippen molar-refractivity contribution in [1.82, 2.24) is 15.0 Å². The molecule has 0 saturated heterocycles. The summed E-state index contributed by atoms with van der Waals surface area (Å²) < 4.78 is 68.3. The molecule has 6 aromatic carbocycles. The Morgan fingerprint density at radius 1 is 0.618 bits per heavy atom. The maximum atomic E-state index is 12.2. The van der Waals surface area contributed by atoms with E-state index >= 15 is 0 Å². The van der Waals surface area contributed by atoms with E-state index in [4.69, 9.17) is 52.8 Å². The summed E-state index contributed by atoms with van der Waals surface area (Å²) in [7, 11) is -5.80. The van der Waals surface area contributed by atoms with Gasteiger partial charge in [-0.25, -0.2) is 9.97 Å². The number of hydrogen-bond donors (Lipinski definition) is 2. The fraction of sp³-hybridized carbons (Fsp3) is 0.220. The fourth-order valence-electron chi connectivity index (χ4n) is 6.60. The third-order valence-corrected chi connectivity index (χ3v) is 17.5. The standard InChI is InChI=1S/C15H11ClN2O2S2.C15H13ClN2S2.C9H8F3NO5S.C7H4ClNS2.4CH4/c1-8-5-11(18(19)20)6-9(2)14(8)22-15-17-12-7-10(16)3-4-13(12)21-15;1-8-5-11(17)6-9(2)14(8)20-15-18-12-7-10(16)3-4-13(12)19-15;1-5-3-7(13(14)15)4-6(2)8(5)18-19(16,17)9(10,11)12;8-4-1-2-6-5(3-4)9-7(10)11-6;;;;/h3-7H,1-2H3;3-7H,17H2,1-2H3;3-4H,1-2H3;1-3H,(H,9,10);4*1H4. The van der Waals surface area contributed by atoms with Crippen molar-refractivity contribution in [3.05, 3.63) is 164 Å². The number of nitrogens with zero attached hydrogens (tertiary/aromatic N) is 4. The lowest BCUT2D eigenvalue weighted by molar-refractivity contribution is -0.385. The number of H-pyrrole nitrogens is 1. The SMILES string of the molecule is C.C.C.C.Cc1cc(N)cc(C)c1Sc1nc2cc(Cl)ccc2s1.Cc1cc([N+](=O)[O-])cc(C)c1OS(=O)(=O)C(F)(F)F.Cc1cc([N+](=O)[O-])cc(C)c1Sc1nc2cc(Cl)ccc2s1.S=c1[nH]c2cc(Cl)ccc2s1. The van der Waals surface area contributed by atoms with Gasteiger partial charge in [-0.15, -0.1) is 34.0 Å². The number of non-ortho nitro benzene ring substituents is 2. The van der Waals surface area contributed by atoms with Crippen molar-refractivity contribution in [2.24, 2.45) is 0 Å². The number of nitro benzene ring substituents is 2. The number of nitrogen functional groups attached to an aromatic ring is 1. The summed E-state index contributed by atoms with van der Waals surface area (Å²) in [5, 5.41) is 23.6. The van der Waals surface area contributed by atoms with E-state index in [9.17, 15) is 41.8 Å². The number of alkyl halides is 3. The third-order valence-electron chi connectivity index (χ3n) is 9.69. The number of rotatable bonds is 8. The molecule has 26 heteroatoms. The quantitative estimate of drug-likeness (QED) is 0.0364.